The molecule has 62 valence electrons. The second-order valence-electron chi connectivity index (χ2n) is 2.68. The number of aliphatic hydroxyl groups is 2. The first-order valence-electron chi connectivity index (χ1n) is 3.36. The second kappa shape index (κ2) is 2.25. The summed E-state index contributed by atoms with van der Waals surface area (Å²) >= 11 is 0. The van der Waals surface area contributed by atoms with Gasteiger partial charge in [-0.3, -0.25) is 4.79 Å². The Labute approximate surface area is 62.5 Å². The fourth-order valence-corrected chi connectivity index (χ4v) is 1.30. The zero-order valence-corrected chi connectivity index (χ0v) is 5.64. The minimum absolute atomic E-state index is 0.0799. The Bertz CT molecular complexity index is 191. The van der Waals surface area contributed by atoms with Crippen LogP contribution in [0.15, 0.2) is 0 Å². The molecule has 4 unspecified atom stereocenters. The summed E-state index contributed by atoms with van der Waals surface area (Å²) in [5.74, 6) is -0.315. The van der Waals surface area contributed by atoms with Gasteiger partial charge in [0.15, 0.2) is 12.1 Å². The summed E-state index contributed by atoms with van der Waals surface area (Å²) in [6.07, 6.45) is -3.93. The van der Waals surface area contributed by atoms with Crippen LogP contribution in [0.1, 0.15) is 0 Å². The average molecular weight is 160 g/mol. The van der Waals surface area contributed by atoms with Crippen LogP contribution in [0.4, 0.5) is 0 Å². The highest BCUT2D eigenvalue weighted by molar-refractivity contribution is 5.86. The molecule has 2 rings (SSSR count). The van der Waals surface area contributed by atoms with E-state index in [4.69, 9.17) is 19.7 Å². The molecule has 5 heteroatoms. The first kappa shape index (κ1) is 7.17. The highest BCUT2D eigenvalue weighted by Crippen LogP contribution is 2.26. The van der Waals surface area contributed by atoms with Crippen molar-refractivity contribution in [2.45, 2.75) is 24.6 Å². The van der Waals surface area contributed by atoms with Crippen LogP contribution in [0, 0.1) is 0 Å². The Hall–Kier alpha value is -0.490. The van der Waals surface area contributed by atoms with Gasteiger partial charge in [-0.15, -0.1) is 0 Å². The zero-order valence-electron chi connectivity index (χ0n) is 5.64. The molecule has 0 amide bonds. The van der Waals surface area contributed by atoms with Gasteiger partial charge < -0.3 is 19.7 Å². The van der Waals surface area contributed by atoms with Crippen LogP contribution in [0.3, 0.4) is 0 Å². The van der Waals surface area contributed by atoms with Gasteiger partial charge in [-0.1, -0.05) is 0 Å². The lowest BCUT2D eigenvalue weighted by atomic mass is 10.1. The van der Waals surface area contributed by atoms with E-state index in [0.29, 0.717) is 0 Å². The van der Waals surface area contributed by atoms with Crippen molar-refractivity contribution in [3.05, 3.63) is 0 Å². The molecular formula is C6H8O5. The van der Waals surface area contributed by atoms with Crippen LogP contribution in [-0.4, -0.2) is 47.2 Å². The van der Waals surface area contributed by atoms with Crippen molar-refractivity contribution in [1.82, 2.24) is 0 Å². The van der Waals surface area contributed by atoms with Crippen molar-refractivity contribution < 1.29 is 24.5 Å². The van der Waals surface area contributed by atoms with E-state index in [2.05, 4.69) is 0 Å². The smallest absolute Gasteiger partial charge is 0.190 e. The van der Waals surface area contributed by atoms with E-state index in [-0.39, 0.29) is 12.4 Å². The summed E-state index contributed by atoms with van der Waals surface area (Å²) < 4.78 is 9.64. The first-order valence-corrected chi connectivity index (χ1v) is 3.36. The van der Waals surface area contributed by atoms with Crippen molar-refractivity contribution in [2.75, 3.05) is 6.61 Å². The molecule has 0 aromatic heterocycles. The monoisotopic (exact) mass is 160 g/mol. The summed E-state index contributed by atoms with van der Waals surface area (Å²) in [4.78, 5) is 10.9. The number of Topliss-reactive ketones (excluding diaryl/α,β-unsaturated/α-hetero) is 1. The van der Waals surface area contributed by atoms with Crippen molar-refractivity contribution in [1.29, 1.82) is 0 Å². The van der Waals surface area contributed by atoms with Gasteiger partial charge in [-0.05, 0) is 0 Å². The van der Waals surface area contributed by atoms with Crippen molar-refractivity contribution >= 4 is 5.78 Å². The molecule has 2 saturated heterocycles. The van der Waals surface area contributed by atoms with Crippen molar-refractivity contribution in [3.63, 3.8) is 0 Å². The quantitative estimate of drug-likeness (QED) is 0.430. The Morgan fingerprint density at radius 3 is 2.73 bits per heavy atom. The number of rotatable bonds is 0. The fraction of sp³-hybridized carbons (Fsp3) is 0.833. The van der Waals surface area contributed by atoms with Crippen LogP contribution in [0.25, 0.3) is 0 Å². The van der Waals surface area contributed by atoms with Gasteiger partial charge in [0.25, 0.3) is 0 Å². The van der Waals surface area contributed by atoms with Crippen molar-refractivity contribution in [3.8, 4) is 0 Å². The minimum atomic E-state index is -1.13. The Morgan fingerprint density at radius 2 is 2.09 bits per heavy atom. The van der Waals surface area contributed by atoms with E-state index in [0.717, 1.165) is 0 Å². The highest BCUT2D eigenvalue weighted by atomic mass is 16.7. The number of hydrogen-bond donors (Lipinski definition) is 2. The number of carbonyl (C=O) groups is 1. The third kappa shape index (κ3) is 0.893. The summed E-state index contributed by atoms with van der Waals surface area (Å²) in [5.41, 5.74) is 0. The van der Waals surface area contributed by atoms with Gasteiger partial charge in [0.1, 0.15) is 24.9 Å². The number of ketones is 1. The maximum Gasteiger partial charge on any atom is 0.190 e. The average Bonchev–Trinajstić information content (AvgIpc) is 2.24. The SMILES string of the molecule is O=C1COC2OC1C(O)C2O. The number of carbonyl (C=O) groups excluding carboxylic acids is 1. The molecule has 2 N–H and O–H groups in total. The molecule has 2 bridgehead atoms. The predicted molar refractivity (Wildman–Crippen MR) is 31.6 cm³/mol. The molecule has 2 aliphatic rings. The summed E-state index contributed by atoms with van der Waals surface area (Å²) in [6.45, 7) is -0.0799. The Balaban J connectivity index is 2.22. The van der Waals surface area contributed by atoms with E-state index < -0.39 is 24.6 Å². The predicted octanol–water partition coefficient (Wildman–Crippen LogP) is -1.97. The van der Waals surface area contributed by atoms with Crippen molar-refractivity contribution in [2.24, 2.45) is 0 Å². The molecule has 2 heterocycles. The molecular weight excluding hydrogens is 152 g/mol. The third-order valence-electron chi connectivity index (χ3n) is 1.93. The summed E-state index contributed by atoms with van der Waals surface area (Å²) in [6, 6.07) is 0. The van der Waals surface area contributed by atoms with Gasteiger partial charge in [0.05, 0.1) is 0 Å². The Morgan fingerprint density at radius 1 is 1.36 bits per heavy atom. The van der Waals surface area contributed by atoms with E-state index in [1.165, 1.54) is 0 Å². The molecule has 0 radical (unpaired) electrons. The van der Waals surface area contributed by atoms with Gasteiger partial charge >= 0.3 is 0 Å². The van der Waals surface area contributed by atoms with E-state index in [9.17, 15) is 4.79 Å². The van der Waals surface area contributed by atoms with Gasteiger partial charge in [-0.2, -0.15) is 0 Å². The van der Waals surface area contributed by atoms with Gasteiger partial charge in [-0.25, -0.2) is 0 Å². The van der Waals surface area contributed by atoms with Crippen LogP contribution in [0.2, 0.25) is 0 Å². The number of hydrogen-bond acceptors (Lipinski definition) is 5. The lowest BCUT2D eigenvalue weighted by molar-refractivity contribution is -0.198. The van der Waals surface area contributed by atoms with Crippen LogP contribution in [-0.2, 0) is 14.3 Å². The first-order chi connectivity index (χ1) is 5.20. The van der Waals surface area contributed by atoms with Gasteiger partial charge in [0.2, 0.25) is 0 Å². The summed E-state index contributed by atoms with van der Waals surface area (Å²) in [7, 11) is 0. The molecule has 11 heavy (non-hydrogen) atoms. The maximum atomic E-state index is 10.9. The molecule has 2 aliphatic heterocycles. The molecule has 5 nitrogen and oxygen atoms in total. The molecule has 0 aromatic carbocycles. The zero-order chi connectivity index (χ0) is 8.01. The van der Waals surface area contributed by atoms with Crippen LogP contribution >= 0.6 is 0 Å². The standard InChI is InChI=1S/C6H8O5/c7-2-1-10-6-4(9)3(8)5(2)11-6/h3-6,8-9H,1H2. The lowest BCUT2D eigenvalue weighted by Crippen LogP contribution is -2.37. The molecule has 0 saturated carbocycles. The summed E-state index contributed by atoms with van der Waals surface area (Å²) in [5, 5.41) is 18.3. The van der Waals surface area contributed by atoms with Crippen LogP contribution in [0.5, 0.6) is 0 Å². The van der Waals surface area contributed by atoms with E-state index >= 15 is 0 Å². The van der Waals surface area contributed by atoms with E-state index in [1.807, 2.05) is 0 Å². The second-order valence-corrected chi connectivity index (χ2v) is 2.68. The largest absolute Gasteiger partial charge is 0.387 e. The third-order valence-corrected chi connectivity index (χ3v) is 1.93. The molecule has 4 atom stereocenters. The van der Waals surface area contributed by atoms with Gasteiger partial charge in [0, 0.05) is 0 Å². The van der Waals surface area contributed by atoms with E-state index in [1.54, 1.807) is 0 Å². The fourth-order valence-electron chi connectivity index (χ4n) is 1.30. The number of fused-ring (bicyclic) bond motifs is 2. The Kier molecular flexibility index (Phi) is 1.47. The molecule has 0 aromatic rings. The minimum Gasteiger partial charge on any atom is -0.387 e. The molecule has 2 fully saturated rings. The normalized spacial score (nSPS) is 49.8. The topological polar surface area (TPSA) is 76.0 Å². The highest BCUT2D eigenvalue weighted by Gasteiger charge is 2.50. The lowest BCUT2D eigenvalue weighted by Gasteiger charge is -2.19. The molecule has 0 aliphatic carbocycles. The van der Waals surface area contributed by atoms with Crippen LogP contribution < -0.4 is 0 Å². The number of ether oxygens (including phenoxy) is 2. The maximum absolute atomic E-state index is 10.9. The number of aliphatic hydroxyl groups excluding tert-OH is 2. The molecule has 0 spiro atoms.